The Morgan fingerprint density at radius 2 is 1.81 bits per heavy atom. The minimum absolute atomic E-state index is 0.0129. The number of ether oxygens (including phenoxy) is 1. The second-order valence-electron chi connectivity index (χ2n) is 6.47. The third-order valence-corrected chi connectivity index (χ3v) is 4.63. The standard InChI is InChI=1S/C20H30N4O3/c1-4-22-18(25)16-8-6-15(7-9-16)14-23-20(21-3)24-12-10-17(11-13-24)19(26)27-5-2/h6-9,17H,4-5,10-14H2,1-3H3,(H,21,23)(H,22,25). The quantitative estimate of drug-likeness (QED) is 0.451. The predicted molar refractivity (Wildman–Crippen MR) is 106 cm³/mol. The van der Waals surface area contributed by atoms with Crippen LogP contribution in [0.15, 0.2) is 29.3 Å². The summed E-state index contributed by atoms with van der Waals surface area (Å²) in [5, 5.41) is 6.15. The van der Waals surface area contributed by atoms with Gasteiger partial charge in [-0.05, 0) is 44.4 Å². The first-order valence-electron chi connectivity index (χ1n) is 9.58. The van der Waals surface area contributed by atoms with Crippen LogP contribution >= 0.6 is 0 Å². The van der Waals surface area contributed by atoms with Gasteiger partial charge in [-0.2, -0.15) is 0 Å². The van der Waals surface area contributed by atoms with Crippen LogP contribution in [0.4, 0.5) is 0 Å². The van der Waals surface area contributed by atoms with Gasteiger partial charge in [0.05, 0.1) is 12.5 Å². The first-order chi connectivity index (χ1) is 13.1. The Hall–Kier alpha value is -2.57. The number of benzene rings is 1. The van der Waals surface area contributed by atoms with Gasteiger partial charge in [0.15, 0.2) is 5.96 Å². The van der Waals surface area contributed by atoms with Crippen molar-refractivity contribution in [3.63, 3.8) is 0 Å². The lowest BCUT2D eigenvalue weighted by molar-refractivity contribution is -0.149. The summed E-state index contributed by atoms with van der Waals surface area (Å²) < 4.78 is 5.12. The van der Waals surface area contributed by atoms with Crippen molar-refractivity contribution >= 4 is 17.8 Å². The van der Waals surface area contributed by atoms with E-state index in [4.69, 9.17) is 4.74 Å². The highest BCUT2D eigenvalue weighted by atomic mass is 16.5. The second kappa shape index (κ2) is 10.5. The van der Waals surface area contributed by atoms with Crippen LogP contribution in [0.2, 0.25) is 0 Å². The minimum atomic E-state index is -0.0905. The highest BCUT2D eigenvalue weighted by molar-refractivity contribution is 5.94. The maximum absolute atomic E-state index is 11.9. The molecule has 1 aliphatic heterocycles. The number of esters is 1. The first-order valence-corrected chi connectivity index (χ1v) is 9.58. The third kappa shape index (κ3) is 5.98. The molecule has 1 amide bonds. The van der Waals surface area contributed by atoms with E-state index in [0.717, 1.165) is 37.5 Å². The van der Waals surface area contributed by atoms with Gasteiger partial charge in [-0.15, -0.1) is 0 Å². The lowest BCUT2D eigenvalue weighted by Crippen LogP contribution is -2.46. The van der Waals surface area contributed by atoms with Crippen molar-refractivity contribution in [2.24, 2.45) is 10.9 Å². The Labute approximate surface area is 161 Å². The summed E-state index contributed by atoms with van der Waals surface area (Å²) in [6.45, 7) is 6.96. The van der Waals surface area contributed by atoms with Gasteiger partial charge in [0.2, 0.25) is 0 Å². The fourth-order valence-electron chi connectivity index (χ4n) is 3.14. The summed E-state index contributed by atoms with van der Waals surface area (Å²) in [6, 6.07) is 7.54. The number of likely N-dealkylation sites (tertiary alicyclic amines) is 1. The molecule has 0 unspecified atom stereocenters. The van der Waals surface area contributed by atoms with Crippen molar-refractivity contribution in [3.8, 4) is 0 Å². The van der Waals surface area contributed by atoms with E-state index in [9.17, 15) is 9.59 Å². The van der Waals surface area contributed by atoms with E-state index in [2.05, 4.69) is 20.5 Å². The van der Waals surface area contributed by atoms with Gasteiger partial charge in [0, 0.05) is 38.8 Å². The molecule has 0 radical (unpaired) electrons. The van der Waals surface area contributed by atoms with Crippen molar-refractivity contribution in [2.75, 3.05) is 33.3 Å². The average Bonchev–Trinajstić information content (AvgIpc) is 2.70. The van der Waals surface area contributed by atoms with Crippen molar-refractivity contribution in [1.29, 1.82) is 0 Å². The summed E-state index contributed by atoms with van der Waals surface area (Å²) in [6.07, 6.45) is 1.56. The monoisotopic (exact) mass is 374 g/mol. The molecule has 27 heavy (non-hydrogen) atoms. The zero-order valence-corrected chi connectivity index (χ0v) is 16.5. The molecule has 1 saturated heterocycles. The zero-order valence-electron chi connectivity index (χ0n) is 16.5. The van der Waals surface area contributed by atoms with Gasteiger partial charge in [-0.3, -0.25) is 14.6 Å². The fraction of sp³-hybridized carbons (Fsp3) is 0.550. The number of carbonyl (C=O) groups is 2. The molecular weight excluding hydrogens is 344 g/mol. The molecular formula is C20H30N4O3. The molecule has 1 aliphatic rings. The molecule has 7 heteroatoms. The molecule has 0 spiro atoms. The van der Waals surface area contributed by atoms with Crippen LogP contribution in [0.5, 0.6) is 0 Å². The van der Waals surface area contributed by atoms with Crippen molar-refractivity contribution in [1.82, 2.24) is 15.5 Å². The molecule has 2 N–H and O–H groups in total. The molecule has 0 atom stereocenters. The summed E-state index contributed by atoms with van der Waals surface area (Å²) >= 11 is 0. The lowest BCUT2D eigenvalue weighted by atomic mass is 9.97. The molecule has 1 heterocycles. The van der Waals surface area contributed by atoms with Crippen molar-refractivity contribution < 1.29 is 14.3 Å². The maximum Gasteiger partial charge on any atom is 0.309 e. The van der Waals surface area contributed by atoms with Crippen LogP contribution in [0, 0.1) is 5.92 Å². The van der Waals surface area contributed by atoms with E-state index in [1.807, 2.05) is 38.1 Å². The largest absolute Gasteiger partial charge is 0.466 e. The van der Waals surface area contributed by atoms with Crippen LogP contribution in [0.25, 0.3) is 0 Å². The van der Waals surface area contributed by atoms with Crippen molar-refractivity contribution in [2.45, 2.75) is 33.2 Å². The Bertz CT molecular complexity index is 650. The van der Waals surface area contributed by atoms with E-state index in [1.54, 1.807) is 7.05 Å². The van der Waals surface area contributed by atoms with E-state index >= 15 is 0 Å². The van der Waals surface area contributed by atoms with E-state index < -0.39 is 0 Å². The van der Waals surface area contributed by atoms with Gasteiger partial charge in [0.25, 0.3) is 5.91 Å². The molecule has 2 rings (SSSR count). The fourth-order valence-corrected chi connectivity index (χ4v) is 3.14. The molecule has 1 aromatic rings. The average molecular weight is 374 g/mol. The number of hydrogen-bond acceptors (Lipinski definition) is 4. The van der Waals surface area contributed by atoms with Crippen LogP contribution in [-0.4, -0.2) is 56.0 Å². The van der Waals surface area contributed by atoms with Gasteiger partial charge in [-0.25, -0.2) is 0 Å². The van der Waals surface area contributed by atoms with Crippen molar-refractivity contribution in [3.05, 3.63) is 35.4 Å². The number of nitrogens with one attached hydrogen (secondary N) is 2. The number of hydrogen-bond donors (Lipinski definition) is 2. The smallest absolute Gasteiger partial charge is 0.309 e. The minimum Gasteiger partial charge on any atom is -0.466 e. The van der Waals surface area contributed by atoms with Crippen LogP contribution in [0.3, 0.4) is 0 Å². The van der Waals surface area contributed by atoms with Crippen LogP contribution in [0.1, 0.15) is 42.6 Å². The molecule has 148 valence electrons. The Morgan fingerprint density at radius 3 is 2.37 bits per heavy atom. The Balaban J connectivity index is 1.84. The number of aliphatic imine (C=N–C) groups is 1. The maximum atomic E-state index is 11.9. The molecule has 0 aliphatic carbocycles. The van der Waals surface area contributed by atoms with Gasteiger partial charge < -0.3 is 20.3 Å². The van der Waals surface area contributed by atoms with Gasteiger partial charge in [-0.1, -0.05) is 12.1 Å². The lowest BCUT2D eigenvalue weighted by Gasteiger charge is -2.33. The predicted octanol–water partition coefficient (Wildman–Crippen LogP) is 1.79. The van der Waals surface area contributed by atoms with E-state index in [0.29, 0.717) is 25.3 Å². The number of piperidine rings is 1. The zero-order chi connectivity index (χ0) is 19.6. The van der Waals surface area contributed by atoms with Crippen LogP contribution < -0.4 is 10.6 Å². The molecule has 1 aromatic carbocycles. The summed E-state index contributed by atoms with van der Waals surface area (Å²) in [4.78, 5) is 30.2. The molecule has 0 saturated carbocycles. The van der Waals surface area contributed by atoms with Gasteiger partial charge in [0.1, 0.15) is 0 Å². The molecule has 0 bridgehead atoms. The third-order valence-electron chi connectivity index (χ3n) is 4.63. The summed E-state index contributed by atoms with van der Waals surface area (Å²) in [5.74, 6) is 0.663. The number of carbonyl (C=O) groups excluding carboxylic acids is 2. The topological polar surface area (TPSA) is 83.0 Å². The van der Waals surface area contributed by atoms with E-state index in [1.165, 1.54) is 0 Å². The summed E-state index contributed by atoms with van der Waals surface area (Å²) in [7, 11) is 1.76. The molecule has 1 fully saturated rings. The highest BCUT2D eigenvalue weighted by Gasteiger charge is 2.27. The highest BCUT2D eigenvalue weighted by Crippen LogP contribution is 2.18. The molecule has 0 aromatic heterocycles. The second-order valence-corrected chi connectivity index (χ2v) is 6.47. The first kappa shape index (κ1) is 20.7. The number of guanidine groups is 1. The Kier molecular flexibility index (Phi) is 8.10. The van der Waals surface area contributed by atoms with Crippen LogP contribution in [-0.2, 0) is 16.1 Å². The van der Waals surface area contributed by atoms with Gasteiger partial charge >= 0.3 is 5.97 Å². The number of nitrogens with zero attached hydrogens (tertiary/aromatic N) is 2. The van der Waals surface area contributed by atoms with E-state index in [-0.39, 0.29) is 17.8 Å². The SMILES string of the molecule is CCNC(=O)c1ccc(CNC(=NC)N2CCC(C(=O)OCC)CC2)cc1. The summed E-state index contributed by atoms with van der Waals surface area (Å²) in [5.41, 5.74) is 1.73. The number of rotatable bonds is 6. The number of amides is 1. The molecule has 7 nitrogen and oxygen atoms in total. The Morgan fingerprint density at radius 1 is 1.15 bits per heavy atom. The normalized spacial score (nSPS) is 15.4.